The minimum Gasteiger partial charge on any atom is -0.480 e. The summed E-state index contributed by atoms with van der Waals surface area (Å²) in [5, 5.41) is 11.0. The molecule has 0 aliphatic heterocycles. The molecule has 19 heavy (non-hydrogen) atoms. The first-order valence-electron chi connectivity index (χ1n) is 5.93. The van der Waals surface area contributed by atoms with Crippen molar-refractivity contribution in [3.8, 4) is 0 Å². The van der Waals surface area contributed by atoms with Gasteiger partial charge in [-0.1, -0.05) is 0 Å². The van der Waals surface area contributed by atoms with E-state index in [1.807, 2.05) is 0 Å². The van der Waals surface area contributed by atoms with Gasteiger partial charge in [-0.3, -0.25) is 4.79 Å². The molecule has 0 aliphatic carbocycles. The highest BCUT2D eigenvalue weighted by atomic mass is 16.6. The van der Waals surface area contributed by atoms with Gasteiger partial charge < -0.3 is 19.9 Å². The smallest absolute Gasteiger partial charge is 0.408 e. The summed E-state index contributed by atoms with van der Waals surface area (Å²) in [6.07, 6.45) is -1.72. The van der Waals surface area contributed by atoms with Gasteiger partial charge in [0.25, 0.3) is 0 Å². The van der Waals surface area contributed by atoms with E-state index in [0.717, 1.165) is 0 Å². The van der Waals surface area contributed by atoms with Gasteiger partial charge in [0.2, 0.25) is 0 Å². The van der Waals surface area contributed by atoms with Crippen LogP contribution >= 0.6 is 0 Å². The number of amides is 1. The van der Waals surface area contributed by atoms with Crippen LogP contribution in [0.5, 0.6) is 0 Å². The van der Waals surface area contributed by atoms with Crippen LogP contribution in [0.4, 0.5) is 4.79 Å². The van der Waals surface area contributed by atoms with Crippen molar-refractivity contribution in [3.05, 3.63) is 0 Å². The molecule has 110 valence electrons. The number of alkyl carbamates (subject to hydrolysis) is 1. The summed E-state index contributed by atoms with van der Waals surface area (Å²) >= 11 is 0. The number of carboxylic acid groups (broad SMARTS) is 1. The van der Waals surface area contributed by atoms with Gasteiger partial charge in [-0.25, -0.2) is 9.59 Å². The molecule has 7 heteroatoms. The van der Waals surface area contributed by atoms with E-state index >= 15 is 0 Å². The number of carboxylic acids is 1. The summed E-state index contributed by atoms with van der Waals surface area (Å²) in [4.78, 5) is 33.7. The molecular weight excluding hydrogens is 254 g/mol. The molecule has 0 aliphatic rings. The number of rotatable bonds is 5. The molecule has 0 spiro atoms. The van der Waals surface area contributed by atoms with Crippen LogP contribution in [0, 0.1) is 0 Å². The third-order valence-electron chi connectivity index (χ3n) is 1.72. The molecule has 1 atom stereocenters. The van der Waals surface area contributed by atoms with Crippen molar-refractivity contribution >= 4 is 18.0 Å². The fourth-order valence-corrected chi connectivity index (χ4v) is 1.14. The van der Waals surface area contributed by atoms with Crippen LogP contribution in [0.15, 0.2) is 0 Å². The van der Waals surface area contributed by atoms with Gasteiger partial charge in [-0.2, -0.15) is 0 Å². The van der Waals surface area contributed by atoms with Gasteiger partial charge in [0.05, 0.1) is 12.5 Å². The lowest BCUT2D eigenvalue weighted by atomic mass is 10.1. The first-order valence-corrected chi connectivity index (χ1v) is 5.93. The lowest BCUT2D eigenvalue weighted by molar-refractivity contribution is -0.158. The topological polar surface area (TPSA) is 102 Å². The van der Waals surface area contributed by atoms with Crippen LogP contribution in [-0.2, 0) is 19.1 Å². The van der Waals surface area contributed by atoms with Gasteiger partial charge >= 0.3 is 18.0 Å². The van der Waals surface area contributed by atoms with Crippen LogP contribution in [0.1, 0.15) is 41.0 Å². The lowest BCUT2D eigenvalue weighted by Gasteiger charge is -2.21. The SMILES string of the molecule is CC(C)OC(=O)N[C@@H](CC(=O)OC(C)(C)C)C(=O)O. The van der Waals surface area contributed by atoms with Crippen molar-refractivity contribution < 1.29 is 29.0 Å². The molecule has 1 amide bonds. The highest BCUT2D eigenvalue weighted by molar-refractivity contribution is 5.85. The van der Waals surface area contributed by atoms with Crippen molar-refractivity contribution in [3.63, 3.8) is 0 Å². The molecule has 7 nitrogen and oxygen atoms in total. The van der Waals surface area contributed by atoms with Crippen LogP contribution in [0.3, 0.4) is 0 Å². The number of carbonyl (C=O) groups excluding carboxylic acids is 2. The molecule has 0 rings (SSSR count). The van der Waals surface area contributed by atoms with Gasteiger partial charge in [0, 0.05) is 0 Å². The number of aliphatic carboxylic acids is 1. The van der Waals surface area contributed by atoms with E-state index in [9.17, 15) is 14.4 Å². The van der Waals surface area contributed by atoms with E-state index < -0.39 is 36.1 Å². The summed E-state index contributed by atoms with van der Waals surface area (Å²) in [7, 11) is 0. The Morgan fingerprint density at radius 2 is 1.74 bits per heavy atom. The second kappa shape index (κ2) is 6.96. The Hall–Kier alpha value is -1.79. The summed E-state index contributed by atoms with van der Waals surface area (Å²) < 4.78 is 9.73. The number of nitrogens with one attached hydrogen (secondary N) is 1. The van der Waals surface area contributed by atoms with E-state index in [1.54, 1.807) is 34.6 Å². The minimum absolute atomic E-state index is 0.379. The third-order valence-corrected chi connectivity index (χ3v) is 1.72. The van der Waals surface area contributed by atoms with Gasteiger partial charge in [-0.05, 0) is 34.6 Å². The van der Waals surface area contributed by atoms with Crippen molar-refractivity contribution in [2.45, 2.75) is 58.8 Å². The third kappa shape index (κ3) is 8.87. The average molecular weight is 275 g/mol. The Morgan fingerprint density at radius 1 is 1.21 bits per heavy atom. The summed E-state index contributed by atoms with van der Waals surface area (Å²) in [6.45, 7) is 8.26. The molecule has 0 fully saturated rings. The highest BCUT2D eigenvalue weighted by Crippen LogP contribution is 2.09. The van der Waals surface area contributed by atoms with E-state index in [2.05, 4.69) is 5.32 Å². The maximum absolute atomic E-state index is 11.5. The molecule has 2 N–H and O–H groups in total. The predicted molar refractivity (Wildman–Crippen MR) is 66.6 cm³/mol. The Balaban J connectivity index is 4.47. The van der Waals surface area contributed by atoms with E-state index in [1.165, 1.54) is 0 Å². The minimum atomic E-state index is -1.37. The van der Waals surface area contributed by atoms with Crippen LogP contribution < -0.4 is 5.32 Å². The molecular formula is C12H21NO6. The number of hydrogen-bond acceptors (Lipinski definition) is 5. The molecule has 0 heterocycles. The van der Waals surface area contributed by atoms with Crippen molar-refractivity contribution in [1.82, 2.24) is 5.32 Å². The van der Waals surface area contributed by atoms with Crippen LogP contribution in [0.2, 0.25) is 0 Å². The largest absolute Gasteiger partial charge is 0.480 e. The first kappa shape index (κ1) is 17.2. The van der Waals surface area contributed by atoms with E-state index in [4.69, 9.17) is 14.6 Å². The van der Waals surface area contributed by atoms with Gasteiger partial charge in [0.1, 0.15) is 11.6 Å². The zero-order chi connectivity index (χ0) is 15.2. The summed E-state index contributed by atoms with van der Waals surface area (Å²) in [5.74, 6) is -2.03. The van der Waals surface area contributed by atoms with Gasteiger partial charge in [0.15, 0.2) is 0 Å². The maximum Gasteiger partial charge on any atom is 0.408 e. The lowest BCUT2D eigenvalue weighted by Crippen LogP contribution is -2.44. The van der Waals surface area contributed by atoms with E-state index in [-0.39, 0.29) is 6.10 Å². The zero-order valence-corrected chi connectivity index (χ0v) is 11.9. The van der Waals surface area contributed by atoms with Crippen LogP contribution in [0.25, 0.3) is 0 Å². The Labute approximate surface area is 112 Å². The zero-order valence-electron chi connectivity index (χ0n) is 11.9. The monoisotopic (exact) mass is 275 g/mol. The van der Waals surface area contributed by atoms with E-state index in [0.29, 0.717) is 0 Å². The fraction of sp³-hybridized carbons (Fsp3) is 0.750. The average Bonchev–Trinajstić information content (AvgIpc) is 2.11. The fourth-order valence-electron chi connectivity index (χ4n) is 1.14. The van der Waals surface area contributed by atoms with Crippen LogP contribution in [-0.4, -0.2) is 40.9 Å². The number of esters is 1. The highest BCUT2D eigenvalue weighted by Gasteiger charge is 2.27. The molecule has 0 aromatic carbocycles. The quantitative estimate of drug-likeness (QED) is 0.733. The number of carbonyl (C=O) groups is 3. The second-order valence-electron chi connectivity index (χ2n) is 5.28. The standard InChI is InChI=1S/C12H21NO6/c1-7(2)18-11(17)13-8(10(15)16)6-9(14)19-12(3,4)5/h7-8H,6H2,1-5H3,(H,13,17)(H,15,16)/t8-/m0/s1. The molecule has 0 radical (unpaired) electrons. The summed E-state index contributed by atoms with van der Waals surface area (Å²) in [5.41, 5.74) is -0.710. The van der Waals surface area contributed by atoms with Crippen molar-refractivity contribution in [2.75, 3.05) is 0 Å². The van der Waals surface area contributed by atoms with Gasteiger partial charge in [-0.15, -0.1) is 0 Å². The molecule has 0 unspecified atom stereocenters. The first-order chi connectivity index (χ1) is 8.51. The normalized spacial score (nSPS) is 12.7. The van der Waals surface area contributed by atoms with Crippen molar-refractivity contribution in [1.29, 1.82) is 0 Å². The predicted octanol–water partition coefficient (Wildman–Crippen LogP) is 1.31. The van der Waals surface area contributed by atoms with Crippen molar-refractivity contribution in [2.24, 2.45) is 0 Å². The number of hydrogen-bond donors (Lipinski definition) is 2. The Morgan fingerprint density at radius 3 is 2.11 bits per heavy atom. The molecule has 0 saturated heterocycles. The molecule has 0 bridgehead atoms. The molecule has 0 aromatic rings. The molecule has 0 aromatic heterocycles. The second-order valence-corrected chi connectivity index (χ2v) is 5.28. The summed E-state index contributed by atoms with van der Waals surface area (Å²) in [6, 6.07) is -1.37. The maximum atomic E-state index is 11.5. The molecule has 0 saturated carbocycles. The Bertz CT molecular complexity index is 345. The Kier molecular flexibility index (Phi) is 6.31. The number of ether oxygens (including phenoxy) is 2.